The van der Waals surface area contributed by atoms with Crippen molar-refractivity contribution in [2.45, 2.75) is 24.9 Å². The fourth-order valence-corrected chi connectivity index (χ4v) is 2.12. The second-order valence-corrected chi connectivity index (χ2v) is 4.11. The highest BCUT2D eigenvalue weighted by atomic mass is 16.5. The van der Waals surface area contributed by atoms with Crippen LogP contribution in [0.1, 0.15) is 30.0 Å². The number of hydrogen-bond acceptors (Lipinski definition) is 4. The summed E-state index contributed by atoms with van der Waals surface area (Å²) in [5, 5.41) is 12.0. The summed E-state index contributed by atoms with van der Waals surface area (Å²) in [5.74, 6) is -0.207. The average molecular weight is 230 g/mol. The topological polar surface area (TPSA) is 62.1 Å². The maximum absolute atomic E-state index is 11.4. The van der Waals surface area contributed by atoms with Gasteiger partial charge >= 0.3 is 5.97 Å². The predicted molar refractivity (Wildman–Crippen MR) is 62.1 cm³/mol. The average Bonchev–Trinajstić information content (AvgIpc) is 2.87. The lowest BCUT2D eigenvalue weighted by atomic mass is 10.0. The lowest BCUT2D eigenvalue weighted by Gasteiger charge is -2.13. The van der Waals surface area contributed by atoms with E-state index in [1.807, 2.05) is 12.1 Å². The zero-order valence-electron chi connectivity index (χ0n) is 9.64. The summed E-state index contributed by atoms with van der Waals surface area (Å²) in [5.41, 5.74) is 1.76. The summed E-state index contributed by atoms with van der Waals surface area (Å²) < 4.78 is 4.71. The second kappa shape index (κ2) is 4.98. The first-order valence-corrected chi connectivity index (χ1v) is 5.58. The fraction of sp³-hybridized carbons (Fsp3) is 0.385. The van der Waals surface area contributed by atoms with Crippen LogP contribution in [0.3, 0.4) is 0 Å². The maximum Gasteiger partial charge on any atom is 0.322 e. The van der Waals surface area contributed by atoms with Crippen LogP contribution >= 0.6 is 0 Å². The number of benzene rings is 1. The van der Waals surface area contributed by atoms with E-state index in [9.17, 15) is 4.79 Å². The van der Waals surface area contributed by atoms with E-state index in [1.165, 1.54) is 7.11 Å². The smallest absolute Gasteiger partial charge is 0.322 e. The Morgan fingerprint density at radius 2 is 2.12 bits per heavy atom. The van der Waals surface area contributed by atoms with Gasteiger partial charge in [-0.15, -0.1) is 0 Å². The van der Waals surface area contributed by atoms with Gasteiger partial charge in [0.2, 0.25) is 0 Å². The number of methoxy groups -OCH3 is 1. The second-order valence-electron chi connectivity index (χ2n) is 4.11. The molecule has 0 amide bonds. The highest BCUT2D eigenvalue weighted by Crippen LogP contribution is 2.27. The largest absolute Gasteiger partial charge is 0.468 e. The molecule has 1 aliphatic rings. The molecule has 0 spiro atoms. The Kier molecular flexibility index (Phi) is 3.40. The Hall–Kier alpha value is -1.86. The normalized spacial score (nSPS) is 23.1. The molecule has 1 aromatic rings. The van der Waals surface area contributed by atoms with Gasteiger partial charge in [-0.25, -0.2) is 0 Å². The molecule has 4 heteroatoms. The van der Waals surface area contributed by atoms with Gasteiger partial charge in [0.15, 0.2) is 0 Å². The summed E-state index contributed by atoms with van der Waals surface area (Å²) in [6.45, 7) is 0. The van der Waals surface area contributed by atoms with Crippen LogP contribution in [-0.4, -0.2) is 19.1 Å². The minimum Gasteiger partial charge on any atom is -0.468 e. The molecule has 2 rings (SSSR count). The van der Waals surface area contributed by atoms with Gasteiger partial charge in [-0.1, -0.05) is 12.1 Å². The van der Waals surface area contributed by atoms with E-state index in [0.717, 1.165) is 18.4 Å². The van der Waals surface area contributed by atoms with Crippen LogP contribution in [0.5, 0.6) is 0 Å². The Morgan fingerprint density at radius 3 is 2.71 bits per heavy atom. The van der Waals surface area contributed by atoms with Crippen LogP contribution in [0, 0.1) is 11.3 Å². The maximum atomic E-state index is 11.4. The zero-order valence-corrected chi connectivity index (χ0v) is 9.64. The summed E-state index contributed by atoms with van der Waals surface area (Å²) in [6, 6.07) is 9.49. The number of esters is 1. The number of rotatable bonds is 2. The summed E-state index contributed by atoms with van der Waals surface area (Å²) in [4.78, 5) is 11.4. The molecule has 0 aromatic heterocycles. The minimum atomic E-state index is -0.208. The molecular weight excluding hydrogens is 216 g/mol. The molecule has 4 nitrogen and oxygen atoms in total. The Bertz CT molecular complexity index is 447. The van der Waals surface area contributed by atoms with Crippen molar-refractivity contribution in [1.82, 2.24) is 5.32 Å². The van der Waals surface area contributed by atoms with Gasteiger partial charge in [-0.3, -0.25) is 10.1 Å². The molecule has 0 bridgehead atoms. The highest BCUT2D eigenvalue weighted by Gasteiger charge is 2.30. The number of hydrogen-bond donors (Lipinski definition) is 1. The Labute approximate surface area is 100 Å². The first-order chi connectivity index (χ1) is 8.24. The van der Waals surface area contributed by atoms with Crippen LogP contribution < -0.4 is 5.32 Å². The van der Waals surface area contributed by atoms with Gasteiger partial charge in [0.05, 0.1) is 18.7 Å². The van der Waals surface area contributed by atoms with Crippen molar-refractivity contribution >= 4 is 5.97 Å². The highest BCUT2D eigenvalue weighted by molar-refractivity contribution is 5.76. The molecule has 0 aliphatic carbocycles. The Balaban J connectivity index is 2.05. The molecule has 1 fully saturated rings. The van der Waals surface area contributed by atoms with Gasteiger partial charge in [0.25, 0.3) is 0 Å². The van der Waals surface area contributed by atoms with E-state index < -0.39 is 0 Å². The molecule has 1 heterocycles. The van der Waals surface area contributed by atoms with Crippen molar-refractivity contribution in [2.24, 2.45) is 0 Å². The van der Waals surface area contributed by atoms with Crippen molar-refractivity contribution in [1.29, 1.82) is 5.26 Å². The molecule has 0 saturated carbocycles. The summed E-state index contributed by atoms with van der Waals surface area (Å²) >= 11 is 0. The first-order valence-electron chi connectivity index (χ1n) is 5.58. The third-order valence-corrected chi connectivity index (χ3v) is 3.07. The van der Waals surface area contributed by atoms with E-state index in [-0.39, 0.29) is 18.1 Å². The number of nitrogens with zero attached hydrogens (tertiary/aromatic N) is 1. The van der Waals surface area contributed by atoms with Crippen LogP contribution in [0.25, 0.3) is 0 Å². The zero-order chi connectivity index (χ0) is 12.3. The third-order valence-electron chi connectivity index (χ3n) is 3.07. The van der Waals surface area contributed by atoms with Crippen LogP contribution in [0.4, 0.5) is 0 Å². The number of nitrogens with one attached hydrogen (secondary N) is 1. The molecule has 2 atom stereocenters. The number of carbonyl (C=O) groups excluding carboxylic acids is 1. The standard InChI is InChI=1S/C13H14N2O2/c1-17-13(16)12-7-6-11(15-12)10-4-2-9(8-14)3-5-10/h2-5,11-12,15H,6-7H2,1H3/t11-,12-/m1/s1. The van der Waals surface area contributed by atoms with Gasteiger partial charge in [-0.05, 0) is 30.5 Å². The molecule has 1 N–H and O–H groups in total. The van der Waals surface area contributed by atoms with Crippen LogP contribution in [-0.2, 0) is 9.53 Å². The van der Waals surface area contributed by atoms with E-state index in [2.05, 4.69) is 11.4 Å². The van der Waals surface area contributed by atoms with Crippen molar-refractivity contribution in [3.63, 3.8) is 0 Å². The fourth-order valence-electron chi connectivity index (χ4n) is 2.12. The summed E-state index contributed by atoms with van der Waals surface area (Å²) in [7, 11) is 1.40. The molecule has 1 aromatic carbocycles. The first kappa shape index (κ1) is 11.6. The molecular formula is C13H14N2O2. The van der Waals surface area contributed by atoms with Gasteiger partial charge in [0, 0.05) is 6.04 Å². The summed E-state index contributed by atoms with van der Waals surface area (Å²) in [6.07, 6.45) is 1.70. The monoisotopic (exact) mass is 230 g/mol. The molecule has 0 unspecified atom stereocenters. The molecule has 1 aliphatic heterocycles. The lowest BCUT2D eigenvalue weighted by Crippen LogP contribution is -2.33. The van der Waals surface area contributed by atoms with Crippen LogP contribution in [0.2, 0.25) is 0 Å². The number of ether oxygens (including phenoxy) is 1. The molecule has 17 heavy (non-hydrogen) atoms. The van der Waals surface area contributed by atoms with Crippen molar-refractivity contribution in [3.8, 4) is 6.07 Å². The van der Waals surface area contributed by atoms with Crippen molar-refractivity contribution in [2.75, 3.05) is 7.11 Å². The third kappa shape index (κ3) is 2.45. The van der Waals surface area contributed by atoms with Crippen molar-refractivity contribution in [3.05, 3.63) is 35.4 Å². The lowest BCUT2D eigenvalue weighted by molar-refractivity contribution is -0.142. The quantitative estimate of drug-likeness (QED) is 0.782. The van der Waals surface area contributed by atoms with E-state index in [4.69, 9.17) is 10.00 Å². The van der Waals surface area contributed by atoms with Crippen LogP contribution in [0.15, 0.2) is 24.3 Å². The van der Waals surface area contributed by atoms with E-state index >= 15 is 0 Å². The SMILES string of the molecule is COC(=O)[C@H]1CC[C@H](c2ccc(C#N)cc2)N1. The van der Waals surface area contributed by atoms with Gasteiger partial charge < -0.3 is 4.74 Å². The van der Waals surface area contributed by atoms with Gasteiger partial charge in [-0.2, -0.15) is 5.26 Å². The minimum absolute atomic E-state index is 0.173. The predicted octanol–water partition coefficient (Wildman–Crippen LogP) is 1.52. The van der Waals surface area contributed by atoms with E-state index in [1.54, 1.807) is 12.1 Å². The van der Waals surface area contributed by atoms with Gasteiger partial charge in [0.1, 0.15) is 6.04 Å². The number of carbonyl (C=O) groups is 1. The van der Waals surface area contributed by atoms with Crippen molar-refractivity contribution < 1.29 is 9.53 Å². The molecule has 0 radical (unpaired) electrons. The molecule has 88 valence electrons. The van der Waals surface area contributed by atoms with E-state index in [0.29, 0.717) is 5.56 Å². The Morgan fingerprint density at radius 1 is 1.41 bits per heavy atom. The molecule has 1 saturated heterocycles. The number of nitriles is 1.